The Morgan fingerprint density at radius 3 is 2.89 bits per heavy atom. The van der Waals surface area contributed by atoms with Crippen molar-refractivity contribution in [2.75, 3.05) is 30.3 Å². The maximum atomic E-state index is 5.87. The van der Waals surface area contributed by atoms with Crippen LogP contribution in [0.4, 0.5) is 11.8 Å². The molecule has 2 aliphatic heterocycles. The highest BCUT2D eigenvalue weighted by atomic mass is 15.3. The first-order chi connectivity index (χ1) is 9.29. The Hall–Kier alpha value is -1.36. The SMILES string of the molecule is Nc1nc(C2CC2)cc(N2C[C@@H]3CCCN[C@@H]3C2)n1. The van der Waals surface area contributed by atoms with Gasteiger partial charge in [0.1, 0.15) is 5.82 Å². The predicted molar refractivity (Wildman–Crippen MR) is 75.1 cm³/mol. The van der Waals surface area contributed by atoms with E-state index in [0.29, 0.717) is 17.9 Å². The topological polar surface area (TPSA) is 67.1 Å². The van der Waals surface area contributed by atoms with Crippen molar-refractivity contribution in [2.45, 2.75) is 37.6 Å². The second-order valence-electron chi connectivity index (χ2n) is 6.15. The van der Waals surface area contributed by atoms with Gasteiger partial charge in [-0.2, -0.15) is 4.98 Å². The number of aromatic nitrogens is 2. The maximum absolute atomic E-state index is 5.87. The fourth-order valence-corrected chi connectivity index (χ4v) is 3.46. The first kappa shape index (κ1) is 11.5. The number of fused-ring (bicyclic) bond motifs is 1. The summed E-state index contributed by atoms with van der Waals surface area (Å²) in [6.07, 6.45) is 5.14. The van der Waals surface area contributed by atoms with Crippen molar-refractivity contribution in [1.82, 2.24) is 15.3 Å². The van der Waals surface area contributed by atoms with Gasteiger partial charge in [-0.3, -0.25) is 0 Å². The third-order valence-corrected chi connectivity index (χ3v) is 4.67. The summed E-state index contributed by atoms with van der Waals surface area (Å²) in [6.45, 7) is 3.33. The van der Waals surface area contributed by atoms with E-state index >= 15 is 0 Å². The molecule has 3 aliphatic rings. The second-order valence-corrected chi connectivity index (χ2v) is 6.15. The van der Waals surface area contributed by atoms with Gasteiger partial charge < -0.3 is 16.0 Å². The van der Waals surface area contributed by atoms with Gasteiger partial charge in [0.15, 0.2) is 0 Å². The zero-order chi connectivity index (χ0) is 12.8. The van der Waals surface area contributed by atoms with Crippen molar-refractivity contribution in [3.05, 3.63) is 11.8 Å². The summed E-state index contributed by atoms with van der Waals surface area (Å²) in [7, 11) is 0. The molecule has 1 aliphatic carbocycles. The van der Waals surface area contributed by atoms with Gasteiger partial charge in [-0.1, -0.05) is 0 Å². The molecule has 3 N–H and O–H groups in total. The van der Waals surface area contributed by atoms with Crippen LogP contribution in [0, 0.1) is 5.92 Å². The molecule has 102 valence electrons. The lowest BCUT2D eigenvalue weighted by molar-refractivity contribution is 0.340. The summed E-state index contributed by atoms with van der Waals surface area (Å²) in [5, 5.41) is 3.63. The van der Waals surface area contributed by atoms with Gasteiger partial charge in [0.2, 0.25) is 5.95 Å². The minimum atomic E-state index is 0.433. The number of hydrogen-bond donors (Lipinski definition) is 2. The molecule has 0 radical (unpaired) electrons. The molecule has 0 unspecified atom stereocenters. The zero-order valence-electron chi connectivity index (χ0n) is 11.2. The fraction of sp³-hybridized carbons (Fsp3) is 0.714. The molecule has 5 heteroatoms. The minimum absolute atomic E-state index is 0.433. The average Bonchev–Trinajstić information content (AvgIpc) is 3.17. The van der Waals surface area contributed by atoms with E-state index in [1.54, 1.807) is 0 Å². The molecule has 0 amide bonds. The van der Waals surface area contributed by atoms with E-state index in [1.807, 2.05) is 0 Å². The summed E-state index contributed by atoms with van der Waals surface area (Å²) < 4.78 is 0. The number of nitrogens with two attached hydrogens (primary N) is 1. The van der Waals surface area contributed by atoms with Crippen LogP contribution in [0.2, 0.25) is 0 Å². The van der Waals surface area contributed by atoms with Crippen molar-refractivity contribution in [1.29, 1.82) is 0 Å². The Balaban J connectivity index is 1.58. The maximum Gasteiger partial charge on any atom is 0.222 e. The third kappa shape index (κ3) is 2.16. The Labute approximate surface area is 113 Å². The lowest BCUT2D eigenvalue weighted by Gasteiger charge is -2.24. The van der Waals surface area contributed by atoms with E-state index in [4.69, 9.17) is 5.73 Å². The molecule has 0 aromatic carbocycles. The van der Waals surface area contributed by atoms with Gasteiger partial charge in [0.05, 0.1) is 5.69 Å². The van der Waals surface area contributed by atoms with E-state index in [9.17, 15) is 0 Å². The monoisotopic (exact) mass is 259 g/mol. The highest BCUT2D eigenvalue weighted by Crippen LogP contribution is 2.40. The summed E-state index contributed by atoms with van der Waals surface area (Å²) in [5.74, 6) is 2.87. The first-order valence-electron chi connectivity index (χ1n) is 7.42. The van der Waals surface area contributed by atoms with Crippen molar-refractivity contribution in [2.24, 2.45) is 5.92 Å². The molecule has 5 nitrogen and oxygen atoms in total. The van der Waals surface area contributed by atoms with Crippen LogP contribution in [-0.2, 0) is 0 Å². The average molecular weight is 259 g/mol. The predicted octanol–water partition coefficient (Wildman–Crippen LogP) is 1.12. The highest BCUT2D eigenvalue weighted by Gasteiger charge is 2.35. The molecular weight excluding hydrogens is 238 g/mol. The van der Waals surface area contributed by atoms with Crippen LogP contribution >= 0.6 is 0 Å². The van der Waals surface area contributed by atoms with E-state index in [2.05, 4.69) is 26.3 Å². The van der Waals surface area contributed by atoms with Gasteiger partial charge in [0.25, 0.3) is 0 Å². The quantitative estimate of drug-likeness (QED) is 0.833. The van der Waals surface area contributed by atoms with Gasteiger partial charge in [-0.15, -0.1) is 0 Å². The van der Waals surface area contributed by atoms with Crippen LogP contribution in [0.15, 0.2) is 6.07 Å². The molecule has 1 saturated carbocycles. The Bertz CT molecular complexity index is 471. The lowest BCUT2D eigenvalue weighted by atomic mass is 9.94. The van der Waals surface area contributed by atoms with E-state index in [-0.39, 0.29) is 0 Å². The number of nitrogens with one attached hydrogen (secondary N) is 1. The van der Waals surface area contributed by atoms with E-state index < -0.39 is 0 Å². The molecule has 0 bridgehead atoms. The van der Waals surface area contributed by atoms with Gasteiger partial charge in [-0.25, -0.2) is 4.98 Å². The minimum Gasteiger partial charge on any atom is -0.368 e. The fourth-order valence-electron chi connectivity index (χ4n) is 3.46. The second kappa shape index (κ2) is 4.34. The van der Waals surface area contributed by atoms with Crippen LogP contribution in [-0.4, -0.2) is 35.6 Å². The molecular formula is C14H21N5. The summed E-state index contributed by atoms with van der Waals surface area (Å²) >= 11 is 0. The van der Waals surface area contributed by atoms with Crippen LogP contribution in [0.1, 0.15) is 37.3 Å². The Morgan fingerprint density at radius 1 is 1.21 bits per heavy atom. The van der Waals surface area contributed by atoms with Crippen LogP contribution in [0.3, 0.4) is 0 Å². The molecule has 1 aromatic rings. The van der Waals surface area contributed by atoms with Crippen molar-refractivity contribution < 1.29 is 0 Å². The van der Waals surface area contributed by atoms with Gasteiger partial charge >= 0.3 is 0 Å². The highest BCUT2D eigenvalue weighted by molar-refractivity contribution is 5.46. The number of nitrogen functional groups attached to an aromatic ring is 1. The zero-order valence-corrected chi connectivity index (χ0v) is 11.2. The lowest BCUT2D eigenvalue weighted by Crippen LogP contribution is -2.40. The van der Waals surface area contributed by atoms with Gasteiger partial charge in [-0.05, 0) is 38.1 Å². The summed E-state index contributed by atoms with van der Waals surface area (Å²) in [6, 6.07) is 2.79. The molecule has 1 aromatic heterocycles. The normalized spacial score (nSPS) is 30.4. The molecule has 3 fully saturated rings. The Kier molecular flexibility index (Phi) is 2.62. The molecule has 2 atom stereocenters. The number of nitrogens with zero attached hydrogens (tertiary/aromatic N) is 3. The van der Waals surface area contributed by atoms with Crippen LogP contribution in [0.5, 0.6) is 0 Å². The summed E-state index contributed by atoms with van der Waals surface area (Å²) in [5.41, 5.74) is 7.02. The number of piperidine rings is 1. The van der Waals surface area contributed by atoms with Gasteiger partial charge in [0, 0.05) is 31.1 Å². The van der Waals surface area contributed by atoms with Crippen molar-refractivity contribution >= 4 is 11.8 Å². The molecule has 2 saturated heterocycles. The first-order valence-corrected chi connectivity index (χ1v) is 7.42. The largest absolute Gasteiger partial charge is 0.368 e. The number of anilines is 2. The van der Waals surface area contributed by atoms with Crippen LogP contribution < -0.4 is 16.0 Å². The Morgan fingerprint density at radius 2 is 2.11 bits per heavy atom. The molecule has 19 heavy (non-hydrogen) atoms. The smallest absolute Gasteiger partial charge is 0.222 e. The number of rotatable bonds is 2. The summed E-state index contributed by atoms with van der Waals surface area (Å²) in [4.78, 5) is 11.2. The third-order valence-electron chi connectivity index (χ3n) is 4.67. The molecule has 0 spiro atoms. The van der Waals surface area contributed by atoms with E-state index in [1.165, 1.54) is 25.7 Å². The van der Waals surface area contributed by atoms with Crippen LogP contribution in [0.25, 0.3) is 0 Å². The standard InChI is InChI=1S/C14H21N5/c15-14-17-11(9-3-4-9)6-13(18-14)19-7-10-2-1-5-16-12(10)8-19/h6,9-10,12,16H,1-5,7-8H2,(H2,15,17,18)/t10-,12+/m0/s1. The van der Waals surface area contributed by atoms with E-state index in [0.717, 1.165) is 37.1 Å². The number of hydrogen-bond acceptors (Lipinski definition) is 5. The van der Waals surface area contributed by atoms with Crippen molar-refractivity contribution in [3.63, 3.8) is 0 Å². The molecule has 3 heterocycles. The van der Waals surface area contributed by atoms with Crippen molar-refractivity contribution in [3.8, 4) is 0 Å². The molecule has 4 rings (SSSR count).